The molecule has 2 fully saturated rings. The van der Waals surface area contributed by atoms with Crippen LogP contribution in [-0.4, -0.2) is 30.1 Å². The number of hydrogen-bond donors (Lipinski definition) is 0. The van der Waals surface area contributed by atoms with Gasteiger partial charge in [0.15, 0.2) is 0 Å². The highest BCUT2D eigenvalue weighted by Crippen LogP contribution is 2.30. The average Bonchev–Trinajstić information content (AvgIpc) is 1.90. The quantitative estimate of drug-likeness (QED) is 0.614. The predicted molar refractivity (Wildman–Crippen MR) is 43.4 cm³/mol. The highest BCUT2D eigenvalue weighted by atomic mass is 19.1. The first-order valence-corrected chi connectivity index (χ1v) is 4.67. The maximum Gasteiger partial charge on any atom is 0.223 e. The van der Waals surface area contributed by atoms with Gasteiger partial charge in [0.2, 0.25) is 5.91 Å². The number of nitrogens with zero attached hydrogens (tertiary/aromatic N) is 1. The van der Waals surface area contributed by atoms with E-state index < -0.39 is 6.17 Å². The molecule has 1 aliphatic heterocycles. The van der Waals surface area contributed by atoms with Crippen molar-refractivity contribution >= 4 is 5.91 Å². The molecule has 0 aromatic rings. The molecule has 12 heavy (non-hydrogen) atoms. The van der Waals surface area contributed by atoms with Crippen LogP contribution in [0.3, 0.4) is 0 Å². The monoisotopic (exact) mass is 171 g/mol. The lowest BCUT2D eigenvalue weighted by molar-refractivity contribution is -0.139. The molecule has 68 valence electrons. The van der Waals surface area contributed by atoms with Gasteiger partial charge in [-0.15, -0.1) is 0 Å². The Morgan fingerprint density at radius 2 is 2.08 bits per heavy atom. The molecule has 0 spiro atoms. The number of likely N-dealkylation sites (tertiary alicyclic amines) is 1. The predicted octanol–water partition coefficient (Wildman–Crippen LogP) is 1.36. The SMILES string of the molecule is O=C(CC1CCC1)N1CC(F)C1. The van der Waals surface area contributed by atoms with Crippen LogP contribution in [0.2, 0.25) is 0 Å². The highest BCUT2D eigenvalue weighted by Gasteiger charge is 2.32. The first kappa shape index (κ1) is 8.02. The van der Waals surface area contributed by atoms with Crippen LogP contribution in [0.1, 0.15) is 25.7 Å². The number of halogens is 1. The molecule has 1 aliphatic carbocycles. The van der Waals surface area contributed by atoms with E-state index in [0.717, 1.165) is 0 Å². The average molecular weight is 171 g/mol. The van der Waals surface area contributed by atoms with Crippen LogP contribution in [0.5, 0.6) is 0 Å². The summed E-state index contributed by atoms with van der Waals surface area (Å²) >= 11 is 0. The fourth-order valence-electron chi connectivity index (χ4n) is 1.70. The molecule has 1 amide bonds. The lowest BCUT2D eigenvalue weighted by Crippen LogP contribution is -2.52. The van der Waals surface area contributed by atoms with Gasteiger partial charge in [-0.25, -0.2) is 4.39 Å². The van der Waals surface area contributed by atoms with Gasteiger partial charge in [0.1, 0.15) is 6.17 Å². The number of alkyl halides is 1. The molecular weight excluding hydrogens is 157 g/mol. The van der Waals surface area contributed by atoms with E-state index in [9.17, 15) is 9.18 Å². The van der Waals surface area contributed by atoms with Crippen molar-refractivity contribution in [3.8, 4) is 0 Å². The van der Waals surface area contributed by atoms with Gasteiger partial charge in [-0.1, -0.05) is 6.42 Å². The molecule has 2 rings (SSSR count). The number of hydrogen-bond acceptors (Lipinski definition) is 1. The third-order valence-corrected chi connectivity index (χ3v) is 2.88. The van der Waals surface area contributed by atoms with Crippen LogP contribution in [0.15, 0.2) is 0 Å². The molecule has 0 atom stereocenters. The summed E-state index contributed by atoms with van der Waals surface area (Å²) in [5.74, 6) is 0.768. The van der Waals surface area contributed by atoms with Gasteiger partial charge in [0, 0.05) is 6.42 Å². The zero-order valence-corrected chi connectivity index (χ0v) is 7.13. The summed E-state index contributed by atoms with van der Waals surface area (Å²) in [6.45, 7) is 0.678. The highest BCUT2D eigenvalue weighted by molar-refractivity contribution is 5.77. The Labute approximate surface area is 71.7 Å². The number of carbonyl (C=O) groups excluding carboxylic acids is 1. The maximum absolute atomic E-state index is 12.4. The summed E-state index contributed by atoms with van der Waals surface area (Å²) in [6, 6.07) is 0. The van der Waals surface area contributed by atoms with Gasteiger partial charge in [-0.2, -0.15) is 0 Å². The largest absolute Gasteiger partial charge is 0.337 e. The van der Waals surface area contributed by atoms with E-state index in [1.54, 1.807) is 4.90 Å². The van der Waals surface area contributed by atoms with Crippen LogP contribution in [0, 0.1) is 5.92 Å². The summed E-state index contributed by atoms with van der Waals surface area (Å²) in [7, 11) is 0. The minimum absolute atomic E-state index is 0.161. The molecule has 1 saturated carbocycles. The van der Waals surface area contributed by atoms with Crippen molar-refractivity contribution in [3.63, 3.8) is 0 Å². The van der Waals surface area contributed by atoms with Gasteiger partial charge >= 0.3 is 0 Å². The van der Waals surface area contributed by atoms with Crippen LogP contribution in [-0.2, 0) is 4.79 Å². The third-order valence-electron chi connectivity index (χ3n) is 2.88. The Balaban J connectivity index is 1.70. The van der Waals surface area contributed by atoms with Gasteiger partial charge in [-0.3, -0.25) is 4.79 Å². The molecule has 0 aromatic carbocycles. The molecule has 2 nitrogen and oxygen atoms in total. The lowest BCUT2D eigenvalue weighted by atomic mass is 9.82. The Morgan fingerprint density at radius 1 is 1.42 bits per heavy atom. The molecule has 1 heterocycles. The van der Waals surface area contributed by atoms with Crippen LogP contribution in [0.25, 0.3) is 0 Å². The zero-order chi connectivity index (χ0) is 8.55. The Hall–Kier alpha value is -0.600. The summed E-state index contributed by atoms with van der Waals surface area (Å²) < 4.78 is 12.4. The lowest BCUT2D eigenvalue weighted by Gasteiger charge is -2.36. The zero-order valence-electron chi connectivity index (χ0n) is 7.13. The first-order valence-electron chi connectivity index (χ1n) is 4.67. The smallest absolute Gasteiger partial charge is 0.223 e. The molecule has 0 N–H and O–H groups in total. The molecule has 0 bridgehead atoms. The summed E-state index contributed by atoms with van der Waals surface area (Å²) in [5, 5.41) is 0. The van der Waals surface area contributed by atoms with E-state index in [4.69, 9.17) is 0 Å². The summed E-state index contributed by atoms with van der Waals surface area (Å²) in [6.07, 6.45) is 3.56. The first-order chi connectivity index (χ1) is 5.75. The third kappa shape index (κ3) is 1.45. The summed E-state index contributed by atoms with van der Waals surface area (Å²) in [5.41, 5.74) is 0. The van der Waals surface area contributed by atoms with Gasteiger partial charge in [0.05, 0.1) is 13.1 Å². The van der Waals surface area contributed by atoms with Crippen molar-refractivity contribution in [2.45, 2.75) is 31.9 Å². The second-order valence-electron chi connectivity index (χ2n) is 3.90. The van der Waals surface area contributed by atoms with Crippen LogP contribution < -0.4 is 0 Å². The Kier molecular flexibility index (Phi) is 2.03. The Bertz CT molecular complexity index is 185. The van der Waals surface area contributed by atoms with Crippen molar-refractivity contribution in [2.24, 2.45) is 5.92 Å². The van der Waals surface area contributed by atoms with E-state index in [1.165, 1.54) is 19.3 Å². The van der Waals surface area contributed by atoms with E-state index in [-0.39, 0.29) is 5.91 Å². The molecular formula is C9H14FNO. The number of carbonyl (C=O) groups is 1. The fraction of sp³-hybridized carbons (Fsp3) is 0.889. The topological polar surface area (TPSA) is 20.3 Å². The standard InChI is InChI=1S/C9H14FNO/c10-8-5-11(6-8)9(12)4-7-2-1-3-7/h7-8H,1-6H2. The molecule has 0 unspecified atom stereocenters. The van der Waals surface area contributed by atoms with Crippen molar-refractivity contribution in [1.29, 1.82) is 0 Å². The van der Waals surface area contributed by atoms with Crippen molar-refractivity contribution in [3.05, 3.63) is 0 Å². The molecule has 0 radical (unpaired) electrons. The minimum atomic E-state index is -0.754. The van der Waals surface area contributed by atoms with Crippen LogP contribution >= 0.6 is 0 Å². The summed E-state index contributed by atoms with van der Waals surface area (Å²) in [4.78, 5) is 13.0. The molecule has 3 heteroatoms. The van der Waals surface area contributed by atoms with Gasteiger partial charge in [0.25, 0.3) is 0 Å². The maximum atomic E-state index is 12.4. The normalized spacial score (nSPS) is 24.9. The van der Waals surface area contributed by atoms with E-state index >= 15 is 0 Å². The number of rotatable bonds is 2. The molecule has 0 aromatic heterocycles. The fourth-order valence-corrected chi connectivity index (χ4v) is 1.70. The van der Waals surface area contributed by atoms with Crippen LogP contribution in [0.4, 0.5) is 4.39 Å². The van der Waals surface area contributed by atoms with E-state index in [0.29, 0.717) is 25.4 Å². The Morgan fingerprint density at radius 3 is 2.50 bits per heavy atom. The van der Waals surface area contributed by atoms with Gasteiger partial charge in [-0.05, 0) is 18.8 Å². The minimum Gasteiger partial charge on any atom is -0.337 e. The van der Waals surface area contributed by atoms with E-state index in [2.05, 4.69) is 0 Å². The van der Waals surface area contributed by atoms with Gasteiger partial charge < -0.3 is 4.90 Å². The molecule has 2 aliphatic rings. The van der Waals surface area contributed by atoms with Crippen molar-refractivity contribution in [2.75, 3.05) is 13.1 Å². The number of amides is 1. The van der Waals surface area contributed by atoms with Crippen molar-refractivity contribution < 1.29 is 9.18 Å². The second-order valence-corrected chi connectivity index (χ2v) is 3.90. The molecule has 1 saturated heterocycles. The second kappa shape index (κ2) is 3.04. The van der Waals surface area contributed by atoms with Crippen molar-refractivity contribution in [1.82, 2.24) is 4.90 Å². The van der Waals surface area contributed by atoms with E-state index in [1.807, 2.05) is 0 Å².